The Bertz CT molecular complexity index is 535. The minimum atomic E-state index is -0.137. The Labute approximate surface area is 160 Å². The molecule has 3 atom stereocenters. The SMILES string of the molecule is CN=C(NCC(C)Cn1cccn1)N1CC(C)C(C(=O)OC)C1.I. The van der Waals surface area contributed by atoms with Crippen LogP contribution in [0.15, 0.2) is 23.5 Å². The molecule has 0 amide bonds. The van der Waals surface area contributed by atoms with Gasteiger partial charge in [-0.1, -0.05) is 13.8 Å². The van der Waals surface area contributed by atoms with Crippen molar-refractivity contribution in [2.45, 2.75) is 20.4 Å². The van der Waals surface area contributed by atoms with Crippen LogP contribution in [0.25, 0.3) is 0 Å². The zero-order valence-corrected chi connectivity index (χ0v) is 17.1. The summed E-state index contributed by atoms with van der Waals surface area (Å²) in [6, 6.07) is 1.93. The zero-order chi connectivity index (χ0) is 16.8. The van der Waals surface area contributed by atoms with Crippen LogP contribution >= 0.6 is 24.0 Å². The van der Waals surface area contributed by atoms with Crippen molar-refractivity contribution < 1.29 is 9.53 Å². The molecule has 1 aliphatic heterocycles. The molecular formula is C16H28IN5O2. The van der Waals surface area contributed by atoms with E-state index in [-0.39, 0.29) is 41.8 Å². The van der Waals surface area contributed by atoms with Crippen molar-refractivity contribution in [1.82, 2.24) is 20.0 Å². The fraction of sp³-hybridized carbons (Fsp3) is 0.688. The number of likely N-dealkylation sites (tertiary alicyclic amines) is 1. The number of hydrogen-bond acceptors (Lipinski definition) is 4. The number of aromatic nitrogens is 2. The van der Waals surface area contributed by atoms with Crippen LogP contribution in [-0.2, 0) is 16.1 Å². The van der Waals surface area contributed by atoms with Gasteiger partial charge in [0.2, 0.25) is 0 Å². The van der Waals surface area contributed by atoms with Crippen molar-refractivity contribution in [2.24, 2.45) is 22.7 Å². The Kier molecular flexibility index (Phi) is 8.51. The number of hydrogen-bond donors (Lipinski definition) is 1. The predicted octanol–water partition coefficient (Wildman–Crippen LogP) is 1.45. The van der Waals surface area contributed by atoms with Gasteiger partial charge in [0.05, 0.1) is 13.0 Å². The maximum Gasteiger partial charge on any atom is 0.310 e. The van der Waals surface area contributed by atoms with Gasteiger partial charge < -0.3 is 15.0 Å². The summed E-state index contributed by atoms with van der Waals surface area (Å²) in [6.45, 7) is 7.38. The summed E-state index contributed by atoms with van der Waals surface area (Å²) >= 11 is 0. The highest BCUT2D eigenvalue weighted by Crippen LogP contribution is 2.24. The average molecular weight is 449 g/mol. The molecule has 136 valence electrons. The van der Waals surface area contributed by atoms with Crippen LogP contribution in [0, 0.1) is 17.8 Å². The van der Waals surface area contributed by atoms with Crippen molar-refractivity contribution in [3.05, 3.63) is 18.5 Å². The van der Waals surface area contributed by atoms with Gasteiger partial charge in [-0.25, -0.2) is 0 Å². The lowest BCUT2D eigenvalue weighted by atomic mass is 9.99. The monoisotopic (exact) mass is 449 g/mol. The topological polar surface area (TPSA) is 71.8 Å². The third kappa shape index (κ3) is 5.35. The highest BCUT2D eigenvalue weighted by atomic mass is 127. The number of carbonyl (C=O) groups is 1. The van der Waals surface area contributed by atoms with E-state index in [2.05, 4.69) is 34.2 Å². The number of nitrogens with one attached hydrogen (secondary N) is 1. The van der Waals surface area contributed by atoms with Crippen molar-refractivity contribution >= 4 is 35.9 Å². The minimum Gasteiger partial charge on any atom is -0.469 e. The second kappa shape index (κ2) is 9.85. The van der Waals surface area contributed by atoms with E-state index in [0.29, 0.717) is 12.5 Å². The summed E-state index contributed by atoms with van der Waals surface area (Å²) in [5.41, 5.74) is 0. The van der Waals surface area contributed by atoms with Gasteiger partial charge in [0.1, 0.15) is 0 Å². The smallest absolute Gasteiger partial charge is 0.310 e. The number of rotatable bonds is 5. The minimum absolute atomic E-state index is 0. The van der Waals surface area contributed by atoms with Gasteiger partial charge >= 0.3 is 5.97 Å². The van der Waals surface area contributed by atoms with E-state index in [9.17, 15) is 4.79 Å². The first kappa shape index (κ1) is 20.7. The fourth-order valence-corrected chi connectivity index (χ4v) is 2.99. The van der Waals surface area contributed by atoms with E-state index < -0.39 is 0 Å². The summed E-state index contributed by atoms with van der Waals surface area (Å²) in [7, 11) is 3.22. The Morgan fingerprint density at radius 2 is 2.25 bits per heavy atom. The highest BCUT2D eigenvalue weighted by Gasteiger charge is 2.36. The zero-order valence-electron chi connectivity index (χ0n) is 14.8. The lowest BCUT2D eigenvalue weighted by Crippen LogP contribution is -2.42. The van der Waals surface area contributed by atoms with Gasteiger partial charge in [0.25, 0.3) is 0 Å². The number of nitrogens with zero attached hydrogens (tertiary/aromatic N) is 4. The molecule has 0 bridgehead atoms. The number of aliphatic imine (C=N–C) groups is 1. The number of esters is 1. The molecule has 1 aromatic rings. The maximum atomic E-state index is 11.8. The van der Waals surface area contributed by atoms with Gasteiger partial charge in [-0.3, -0.25) is 14.5 Å². The molecule has 2 rings (SSSR count). The molecule has 0 saturated carbocycles. The number of methoxy groups -OCH3 is 1. The van der Waals surface area contributed by atoms with Crippen LogP contribution < -0.4 is 5.32 Å². The highest BCUT2D eigenvalue weighted by molar-refractivity contribution is 14.0. The molecule has 0 aliphatic carbocycles. The Morgan fingerprint density at radius 3 is 2.83 bits per heavy atom. The number of halogens is 1. The molecule has 1 aromatic heterocycles. The Balaban J connectivity index is 0.00000288. The molecule has 0 aromatic carbocycles. The average Bonchev–Trinajstić information content (AvgIpc) is 3.17. The fourth-order valence-electron chi connectivity index (χ4n) is 2.99. The number of guanidine groups is 1. The molecule has 0 spiro atoms. The van der Waals surface area contributed by atoms with Gasteiger partial charge in [0.15, 0.2) is 5.96 Å². The maximum absolute atomic E-state index is 11.8. The van der Waals surface area contributed by atoms with Gasteiger partial charge in [-0.15, -0.1) is 24.0 Å². The second-order valence-corrected chi connectivity index (χ2v) is 6.27. The van der Waals surface area contributed by atoms with Crippen LogP contribution in [0.1, 0.15) is 13.8 Å². The van der Waals surface area contributed by atoms with Crippen LogP contribution in [0.2, 0.25) is 0 Å². The molecule has 3 unspecified atom stereocenters. The summed E-state index contributed by atoms with van der Waals surface area (Å²) in [6.07, 6.45) is 3.76. The van der Waals surface area contributed by atoms with Crippen molar-refractivity contribution in [1.29, 1.82) is 0 Å². The first-order valence-electron chi connectivity index (χ1n) is 8.06. The Morgan fingerprint density at radius 1 is 1.50 bits per heavy atom. The van der Waals surface area contributed by atoms with Gasteiger partial charge in [-0.2, -0.15) is 5.10 Å². The molecule has 2 heterocycles. The van der Waals surface area contributed by atoms with Crippen LogP contribution in [0.3, 0.4) is 0 Å². The molecule has 0 radical (unpaired) electrons. The van der Waals surface area contributed by atoms with Crippen LogP contribution in [0.4, 0.5) is 0 Å². The Hall–Kier alpha value is -1.32. The molecule has 1 saturated heterocycles. The van der Waals surface area contributed by atoms with E-state index in [1.165, 1.54) is 7.11 Å². The third-order valence-electron chi connectivity index (χ3n) is 4.29. The van der Waals surface area contributed by atoms with E-state index in [1.807, 2.05) is 16.9 Å². The van der Waals surface area contributed by atoms with Crippen molar-refractivity contribution in [3.63, 3.8) is 0 Å². The van der Waals surface area contributed by atoms with Gasteiger partial charge in [0, 0.05) is 45.6 Å². The van der Waals surface area contributed by atoms with E-state index in [1.54, 1.807) is 13.2 Å². The molecule has 7 nitrogen and oxygen atoms in total. The largest absolute Gasteiger partial charge is 0.469 e. The lowest BCUT2D eigenvalue weighted by Gasteiger charge is -2.23. The number of carbonyl (C=O) groups excluding carboxylic acids is 1. The van der Waals surface area contributed by atoms with Crippen molar-refractivity contribution in [2.75, 3.05) is 33.8 Å². The van der Waals surface area contributed by atoms with Crippen LogP contribution in [-0.4, -0.2) is 60.4 Å². The molecule has 1 aliphatic rings. The molecule has 1 N–H and O–H groups in total. The quantitative estimate of drug-likeness (QED) is 0.319. The summed E-state index contributed by atoms with van der Waals surface area (Å²) in [5, 5.41) is 7.63. The lowest BCUT2D eigenvalue weighted by molar-refractivity contribution is -0.145. The van der Waals surface area contributed by atoms with Gasteiger partial charge in [-0.05, 0) is 17.9 Å². The second-order valence-electron chi connectivity index (χ2n) is 6.27. The van der Waals surface area contributed by atoms with E-state index in [0.717, 1.165) is 25.6 Å². The molecule has 1 fully saturated rings. The number of ether oxygens (including phenoxy) is 1. The van der Waals surface area contributed by atoms with E-state index >= 15 is 0 Å². The third-order valence-corrected chi connectivity index (χ3v) is 4.29. The predicted molar refractivity (Wildman–Crippen MR) is 104 cm³/mol. The first-order valence-corrected chi connectivity index (χ1v) is 8.06. The summed E-state index contributed by atoms with van der Waals surface area (Å²) in [4.78, 5) is 18.3. The van der Waals surface area contributed by atoms with Crippen molar-refractivity contribution in [3.8, 4) is 0 Å². The molecule has 8 heteroatoms. The standard InChI is InChI=1S/C16H27N5O2.HI/c1-12(9-21-7-5-6-19-21)8-18-16(17-3)20-10-13(2)14(11-20)15(22)23-4;/h5-7,12-14H,8-11H2,1-4H3,(H,17,18);1H. The summed E-state index contributed by atoms with van der Waals surface area (Å²) in [5.74, 6) is 1.31. The normalized spacial score (nSPS) is 22.0. The van der Waals surface area contributed by atoms with Crippen LogP contribution in [0.5, 0.6) is 0 Å². The molecule has 24 heavy (non-hydrogen) atoms. The first-order chi connectivity index (χ1) is 11.0. The molecular weight excluding hydrogens is 421 g/mol. The summed E-state index contributed by atoms with van der Waals surface area (Å²) < 4.78 is 6.82. The van der Waals surface area contributed by atoms with E-state index in [4.69, 9.17) is 4.74 Å².